The van der Waals surface area contributed by atoms with E-state index in [1.165, 1.54) is 5.56 Å². The number of nitrogens with zero attached hydrogens (tertiary/aromatic N) is 3. The Kier molecular flexibility index (Phi) is 8.05. The number of piperazine rings is 1. The van der Waals surface area contributed by atoms with E-state index in [4.69, 9.17) is 14.5 Å². The first-order chi connectivity index (χ1) is 12.7. The highest BCUT2D eigenvalue weighted by Crippen LogP contribution is 2.12. The van der Waals surface area contributed by atoms with Crippen molar-refractivity contribution < 1.29 is 14.3 Å². The van der Waals surface area contributed by atoms with E-state index in [1.54, 1.807) is 12.0 Å². The lowest BCUT2D eigenvalue weighted by Crippen LogP contribution is -2.54. The molecule has 1 saturated heterocycles. The molecule has 1 heterocycles. The van der Waals surface area contributed by atoms with Gasteiger partial charge in [0.1, 0.15) is 5.75 Å². The first-order valence-electron chi connectivity index (χ1n) is 9.25. The molecule has 7 heteroatoms. The van der Waals surface area contributed by atoms with E-state index in [-0.39, 0.29) is 6.09 Å². The number of ether oxygens (including phenoxy) is 2. The van der Waals surface area contributed by atoms with E-state index in [0.29, 0.717) is 26.2 Å². The van der Waals surface area contributed by atoms with Gasteiger partial charge in [0.05, 0.1) is 13.7 Å². The summed E-state index contributed by atoms with van der Waals surface area (Å²) in [5, 5.41) is 3.35. The van der Waals surface area contributed by atoms with Crippen molar-refractivity contribution in [2.45, 2.75) is 20.3 Å². The zero-order chi connectivity index (χ0) is 18.8. The van der Waals surface area contributed by atoms with Crippen LogP contribution in [0.25, 0.3) is 0 Å². The molecule has 7 nitrogen and oxygen atoms in total. The molecule has 1 aliphatic rings. The second-order valence-corrected chi connectivity index (χ2v) is 6.01. The molecular weight excluding hydrogens is 332 g/mol. The lowest BCUT2D eigenvalue weighted by Gasteiger charge is -2.35. The molecule has 1 amide bonds. The van der Waals surface area contributed by atoms with Gasteiger partial charge < -0.3 is 24.6 Å². The van der Waals surface area contributed by atoms with Crippen LogP contribution in [0.15, 0.2) is 29.3 Å². The quantitative estimate of drug-likeness (QED) is 0.619. The fourth-order valence-electron chi connectivity index (χ4n) is 2.82. The summed E-state index contributed by atoms with van der Waals surface area (Å²) in [6.45, 7) is 8.66. The normalized spacial score (nSPS) is 15.0. The van der Waals surface area contributed by atoms with Gasteiger partial charge in [-0.1, -0.05) is 12.1 Å². The molecule has 144 valence electrons. The number of carbonyl (C=O) groups is 1. The molecule has 1 aliphatic heterocycles. The van der Waals surface area contributed by atoms with E-state index in [2.05, 4.69) is 29.3 Å². The number of methoxy groups -OCH3 is 1. The third kappa shape index (κ3) is 5.82. The number of hydrogen-bond acceptors (Lipinski definition) is 4. The van der Waals surface area contributed by atoms with Gasteiger partial charge in [-0.25, -0.2) is 4.79 Å². The molecule has 0 radical (unpaired) electrons. The zero-order valence-electron chi connectivity index (χ0n) is 16.0. The summed E-state index contributed by atoms with van der Waals surface area (Å²) in [6.07, 6.45) is 0.649. The first kappa shape index (κ1) is 19.9. The largest absolute Gasteiger partial charge is 0.497 e. The van der Waals surface area contributed by atoms with E-state index < -0.39 is 0 Å². The highest BCUT2D eigenvalue weighted by atomic mass is 16.6. The molecule has 0 unspecified atom stereocenters. The minimum absolute atomic E-state index is 0.228. The molecule has 0 atom stereocenters. The fourth-order valence-corrected chi connectivity index (χ4v) is 2.82. The van der Waals surface area contributed by atoms with Crippen LogP contribution in [0.5, 0.6) is 5.75 Å². The molecule has 2 rings (SSSR count). The van der Waals surface area contributed by atoms with Gasteiger partial charge in [-0.3, -0.25) is 4.99 Å². The van der Waals surface area contributed by atoms with E-state index in [1.807, 2.05) is 19.1 Å². The highest BCUT2D eigenvalue weighted by molar-refractivity contribution is 5.80. The molecule has 0 bridgehead atoms. The van der Waals surface area contributed by atoms with Crippen LogP contribution in [0, 0.1) is 0 Å². The van der Waals surface area contributed by atoms with Crippen molar-refractivity contribution in [3.8, 4) is 5.75 Å². The van der Waals surface area contributed by atoms with E-state index >= 15 is 0 Å². The number of nitrogens with one attached hydrogen (secondary N) is 1. The summed E-state index contributed by atoms with van der Waals surface area (Å²) in [4.78, 5) is 20.5. The van der Waals surface area contributed by atoms with Gasteiger partial charge in [0.2, 0.25) is 0 Å². The summed E-state index contributed by atoms with van der Waals surface area (Å²) >= 11 is 0. The van der Waals surface area contributed by atoms with Gasteiger partial charge in [-0.2, -0.15) is 0 Å². The number of rotatable bonds is 6. The predicted octanol–water partition coefficient (Wildman–Crippen LogP) is 1.98. The lowest BCUT2D eigenvalue weighted by atomic mass is 10.1. The van der Waals surface area contributed by atoms with Crippen LogP contribution in [0.4, 0.5) is 4.79 Å². The Hall–Kier alpha value is -2.44. The number of amides is 1. The van der Waals surface area contributed by atoms with Crippen LogP contribution in [-0.2, 0) is 11.2 Å². The SMILES string of the molecule is CCNC(=NCCc1ccc(OC)cc1)N1CCN(C(=O)OCC)CC1. The Bertz CT molecular complexity index is 581. The molecule has 0 aromatic heterocycles. The van der Waals surface area contributed by atoms with Crippen molar-refractivity contribution in [1.29, 1.82) is 0 Å². The predicted molar refractivity (Wildman–Crippen MR) is 103 cm³/mol. The smallest absolute Gasteiger partial charge is 0.409 e. The van der Waals surface area contributed by atoms with Crippen molar-refractivity contribution in [1.82, 2.24) is 15.1 Å². The van der Waals surface area contributed by atoms with E-state index in [0.717, 1.165) is 37.8 Å². The van der Waals surface area contributed by atoms with Gasteiger partial charge in [0.15, 0.2) is 5.96 Å². The molecule has 0 spiro atoms. The van der Waals surface area contributed by atoms with Gasteiger partial charge in [0.25, 0.3) is 0 Å². The maximum atomic E-state index is 11.8. The molecular formula is C19H30N4O3. The summed E-state index contributed by atoms with van der Waals surface area (Å²) in [7, 11) is 1.67. The number of guanidine groups is 1. The number of aliphatic imine (C=N–C) groups is 1. The fraction of sp³-hybridized carbons (Fsp3) is 0.579. The number of carbonyl (C=O) groups excluding carboxylic acids is 1. The van der Waals surface area contributed by atoms with Crippen molar-refractivity contribution in [3.05, 3.63) is 29.8 Å². The molecule has 26 heavy (non-hydrogen) atoms. The third-order valence-electron chi connectivity index (χ3n) is 4.26. The summed E-state index contributed by atoms with van der Waals surface area (Å²) in [5.41, 5.74) is 1.23. The molecule has 1 fully saturated rings. The Morgan fingerprint density at radius 1 is 1.12 bits per heavy atom. The van der Waals surface area contributed by atoms with Gasteiger partial charge in [-0.05, 0) is 38.0 Å². The van der Waals surface area contributed by atoms with Gasteiger partial charge in [0, 0.05) is 39.3 Å². The molecule has 1 aromatic carbocycles. The van der Waals surface area contributed by atoms with E-state index in [9.17, 15) is 4.79 Å². The first-order valence-corrected chi connectivity index (χ1v) is 9.25. The van der Waals surface area contributed by atoms with Gasteiger partial charge in [-0.15, -0.1) is 0 Å². The maximum absolute atomic E-state index is 11.8. The summed E-state index contributed by atoms with van der Waals surface area (Å²) < 4.78 is 10.3. The average molecular weight is 362 g/mol. The molecule has 1 aromatic rings. The monoisotopic (exact) mass is 362 g/mol. The van der Waals surface area contributed by atoms with Gasteiger partial charge >= 0.3 is 6.09 Å². The average Bonchev–Trinajstić information content (AvgIpc) is 2.68. The number of benzene rings is 1. The maximum Gasteiger partial charge on any atom is 0.409 e. The van der Waals surface area contributed by atoms with Crippen LogP contribution in [0.1, 0.15) is 19.4 Å². The minimum atomic E-state index is -0.228. The minimum Gasteiger partial charge on any atom is -0.497 e. The van der Waals surface area contributed by atoms with Crippen LogP contribution < -0.4 is 10.1 Å². The van der Waals surface area contributed by atoms with Crippen molar-refractivity contribution in [2.24, 2.45) is 4.99 Å². The highest BCUT2D eigenvalue weighted by Gasteiger charge is 2.23. The topological polar surface area (TPSA) is 66.4 Å². The molecule has 0 saturated carbocycles. The Morgan fingerprint density at radius 2 is 1.77 bits per heavy atom. The molecule has 1 N–H and O–H groups in total. The summed E-state index contributed by atoms with van der Waals surface area (Å²) in [5.74, 6) is 1.77. The molecule has 0 aliphatic carbocycles. The van der Waals surface area contributed by atoms with Crippen molar-refractivity contribution in [3.63, 3.8) is 0 Å². The van der Waals surface area contributed by atoms with Crippen LogP contribution >= 0.6 is 0 Å². The van der Waals surface area contributed by atoms with Crippen LogP contribution in [0.2, 0.25) is 0 Å². The second kappa shape index (κ2) is 10.5. The number of hydrogen-bond donors (Lipinski definition) is 1. The third-order valence-corrected chi connectivity index (χ3v) is 4.26. The van der Waals surface area contributed by atoms with Crippen LogP contribution in [-0.4, -0.2) is 74.8 Å². The van der Waals surface area contributed by atoms with Crippen molar-refractivity contribution in [2.75, 3.05) is 53.0 Å². The Labute approximate surface area is 156 Å². The Morgan fingerprint density at radius 3 is 2.35 bits per heavy atom. The standard InChI is InChI=1S/C19H30N4O3/c1-4-20-18(21-11-10-16-6-8-17(25-3)9-7-16)22-12-14-23(15-13-22)19(24)26-5-2/h6-9H,4-5,10-15H2,1-3H3,(H,20,21). The Balaban J connectivity index is 1.87. The van der Waals surface area contributed by atoms with Crippen LogP contribution in [0.3, 0.4) is 0 Å². The summed E-state index contributed by atoms with van der Waals surface area (Å²) in [6, 6.07) is 8.08. The second-order valence-electron chi connectivity index (χ2n) is 6.01. The zero-order valence-corrected chi connectivity index (χ0v) is 16.0. The lowest BCUT2D eigenvalue weighted by molar-refractivity contribution is 0.0914. The van der Waals surface area contributed by atoms with Crippen molar-refractivity contribution >= 4 is 12.1 Å².